The molecule has 0 aromatic carbocycles. The number of rotatable bonds is 5. The van der Waals surface area contributed by atoms with Gasteiger partial charge >= 0.3 is 0 Å². The lowest BCUT2D eigenvalue weighted by atomic mass is 10.0. The molecule has 0 saturated heterocycles. The molecule has 0 amide bonds. The van der Waals surface area contributed by atoms with Crippen LogP contribution in [0.25, 0.3) is 0 Å². The van der Waals surface area contributed by atoms with Gasteiger partial charge in [-0.25, -0.2) is 0 Å². The Kier molecular flexibility index (Phi) is 3.94. The van der Waals surface area contributed by atoms with Crippen molar-refractivity contribution >= 4 is 17.3 Å². The number of nitrogens with two attached hydrogens (primary N) is 1. The summed E-state index contributed by atoms with van der Waals surface area (Å²) in [4.78, 5) is 6.24. The largest absolute Gasteiger partial charge is 0.376 e. The highest BCUT2D eigenvalue weighted by Crippen LogP contribution is 2.44. The van der Waals surface area contributed by atoms with Crippen molar-refractivity contribution in [1.29, 1.82) is 0 Å². The zero-order valence-corrected chi connectivity index (χ0v) is 11.0. The van der Waals surface area contributed by atoms with Crippen LogP contribution in [-0.2, 0) is 0 Å². The van der Waals surface area contributed by atoms with Crippen molar-refractivity contribution in [2.75, 3.05) is 6.54 Å². The second-order valence-electron chi connectivity index (χ2n) is 4.59. The average molecular weight is 249 g/mol. The van der Waals surface area contributed by atoms with Crippen LogP contribution in [0.3, 0.4) is 0 Å². The van der Waals surface area contributed by atoms with Gasteiger partial charge < -0.3 is 10.6 Å². The highest BCUT2D eigenvalue weighted by Gasteiger charge is 2.36. The molecule has 1 saturated carbocycles. The van der Waals surface area contributed by atoms with Gasteiger partial charge in [0.15, 0.2) is 5.11 Å². The van der Waals surface area contributed by atoms with Crippen LogP contribution in [0.1, 0.15) is 37.8 Å². The fourth-order valence-corrected chi connectivity index (χ4v) is 2.51. The lowest BCUT2D eigenvalue weighted by Crippen LogP contribution is -2.40. The van der Waals surface area contributed by atoms with Crippen LogP contribution in [0.4, 0.5) is 0 Å². The van der Waals surface area contributed by atoms with E-state index in [1.54, 1.807) is 0 Å². The summed E-state index contributed by atoms with van der Waals surface area (Å²) in [5.74, 6) is 0.699. The Morgan fingerprint density at radius 3 is 2.65 bits per heavy atom. The molecule has 92 valence electrons. The molecule has 1 aromatic rings. The number of aromatic nitrogens is 1. The molecule has 1 fully saturated rings. The van der Waals surface area contributed by atoms with Gasteiger partial charge in [0.2, 0.25) is 0 Å². The minimum Gasteiger partial charge on any atom is -0.376 e. The quantitative estimate of drug-likeness (QED) is 0.814. The van der Waals surface area contributed by atoms with E-state index in [1.807, 2.05) is 12.4 Å². The summed E-state index contributed by atoms with van der Waals surface area (Å²) in [6.07, 6.45) is 7.29. The molecule has 1 aliphatic rings. The summed E-state index contributed by atoms with van der Waals surface area (Å²) < 4.78 is 0. The van der Waals surface area contributed by atoms with Crippen LogP contribution in [0.2, 0.25) is 0 Å². The van der Waals surface area contributed by atoms with Gasteiger partial charge in [0, 0.05) is 18.9 Å². The fourth-order valence-electron chi connectivity index (χ4n) is 2.31. The van der Waals surface area contributed by atoms with E-state index in [2.05, 4.69) is 28.9 Å². The van der Waals surface area contributed by atoms with Gasteiger partial charge in [0.25, 0.3) is 0 Å². The van der Waals surface area contributed by atoms with Crippen molar-refractivity contribution in [1.82, 2.24) is 9.88 Å². The molecular formula is C13H19N3S. The molecule has 1 aromatic heterocycles. The zero-order valence-electron chi connectivity index (χ0n) is 10.2. The first-order chi connectivity index (χ1) is 8.24. The molecule has 17 heavy (non-hydrogen) atoms. The standard InChI is InChI=1S/C13H19N3S/c1-2-9-16(13(14)17)12(10-3-4-10)11-5-7-15-8-6-11/h5-8,10,12H,2-4,9H2,1H3,(H2,14,17). The topological polar surface area (TPSA) is 42.1 Å². The van der Waals surface area contributed by atoms with Crippen molar-refractivity contribution in [2.45, 2.75) is 32.2 Å². The van der Waals surface area contributed by atoms with Gasteiger partial charge in [-0.15, -0.1) is 0 Å². The number of hydrogen-bond acceptors (Lipinski definition) is 2. The number of pyridine rings is 1. The number of hydrogen-bond donors (Lipinski definition) is 1. The van der Waals surface area contributed by atoms with E-state index in [1.165, 1.54) is 18.4 Å². The molecule has 4 heteroatoms. The van der Waals surface area contributed by atoms with Gasteiger partial charge in [0.05, 0.1) is 6.04 Å². The Bertz CT molecular complexity index is 376. The van der Waals surface area contributed by atoms with Gasteiger partial charge in [-0.05, 0) is 55.1 Å². The molecule has 0 bridgehead atoms. The third kappa shape index (κ3) is 2.94. The van der Waals surface area contributed by atoms with Crippen LogP contribution in [0.15, 0.2) is 24.5 Å². The Labute approximate surface area is 108 Å². The SMILES string of the molecule is CCCN(C(N)=S)C(c1ccncc1)C1CC1. The molecule has 0 spiro atoms. The summed E-state index contributed by atoms with van der Waals surface area (Å²) in [6, 6.07) is 4.49. The number of nitrogens with zero attached hydrogens (tertiary/aromatic N) is 2. The molecule has 0 radical (unpaired) electrons. The van der Waals surface area contributed by atoms with Crippen molar-refractivity contribution in [3.63, 3.8) is 0 Å². The first-order valence-corrected chi connectivity index (χ1v) is 6.61. The van der Waals surface area contributed by atoms with Crippen molar-refractivity contribution in [3.8, 4) is 0 Å². The normalized spacial score (nSPS) is 16.5. The molecule has 1 aliphatic carbocycles. The Hall–Kier alpha value is -1.16. The van der Waals surface area contributed by atoms with E-state index in [0.29, 0.717) is 17.1 Å². The molecule has 1 atom stereocenters. The van der Waals surface area contributed by atoms with Crippen LogP contribution < -0.4 is 5.73 Å². The van der Waals surface area contributed by atoms with E-state index >= 15 is 0 Å². The van der Waals surface area contributed by atoms with E-state index in [4.69, 9.17) is 18.0 Å². The lowest BCUT2D eigenvalue weighted by molar-refractivity contribution is 0.288. The smallest absolute Gasteiger partial charge is 0.166 e. The van der Waals surface area contributed by atoms with E-state index < -0.39 is 0 Å². The molecule has 1 heterocycles. The highest BCUT2D eigenvalue weighted by molar-refractivity contribution is 7.80. The molecule has 3 nitrogen and oxygen atoms in total. The molecule has 1 unspecified atom stereocenters. The minimum absolute atomic E-state index is 0.343. The molecular weight excluding hydrogens is 230 g/mol. The predicted octanol–water partition coefficient (Wildman–Crippen LogP) is 2.49. The van der Waals surface area contributed by atoms with Gasteiger partial charge in [0.1, 0.15) is 0 Å². The van der Waals surface area contributed by atoms with Crippen molar-refractivity contribution in [3.05, 3.63) is 30.1 Å². The van der Waals surface area contributed by atoms with Crippen LogP contribution in [0.5, 0.6) is 0 Å². The van der Waals surface area contributed by atoms with Gasteiger partial charge in [-0.2, -0.15) is 0 Å². The van der Waals surface area contributed by atoms with E-state index in [-0.39, 0.29) is 0 Å². The first kappa shape index (κ1) is 12.3. The maximum atomic E-state index is 5.87. The second kappa shape index (κ2) is 5.45. The second-order valence-corrected chi connectivity index (χ2v) is 5.01. The summed E-state index contributed by atoms with van der Waals surface area (Å²) >= 11 is 5.19. The maximum absolute atomic E-state index is 5.87. The molecule has 2 rings (SSSR count). The summed E-state index contributed by atoms with van der Waals surface area (Å²) in [6.45, 7) is 3.08. The number of thiocarbonyl (C=S) groups is 1. The third-order valence-electron chi connectivity index (χ3n) is 3.20. The minimum atomic E-state index is 0.343. The monoisotopic (exact) mass is 249 g/mol. The van der Waals surface area contributed by atoms with E-state index in [0.717, 1.165) is 13.0 Å². The van der Waals surface area contributed by atoms with Crippen LogP contribution in [0, 0.1) is 5.92 Å². The third-order valence-corrected chi connectivity index (χ3v) is 3.43. The van der Waals surface area contributed by atoms with Crippen molar-refractivity contribution in [2.24, 2.45) is 11.7 Å². The summed E-state index contributed by atoms with van der Waals surface area (Å²) in [7, 11) is 0. The van der Waals surface area contributed by atoms with Crippen LogP contribution in [-0.4, -0.2) is 21.5 Å². The predicted molar refractivity (Wildman–Crippen MR) is 73.5 cm³/mol. The van der Waals surface area contributed by atoms with Crippen molar-refractivity contribution < 1.29 is 0 Å². The van der Waals surface area contributed by atoms with Crippen LogP contribution >= 0.6 is 12.2 Å². The fraction of sp³-hybridized carbons (Fsp3) is 0.538. The summed E-state index contributed by atoms with van der Waals surface area (Å²) in [5.41, 5.74) is 7.15. The molecule has 2 N–H and O–H groups in total. The Balaban J connectivity index is 2.24. The highest BCUT2D eigenvalue weighted by atomic mass is 32.1. The Morgan fingerprint density at radius 1 is 1.53 bits per heavy atom. The summed E-state index contributed by atoms with van der Waals surface area (Å²) in [5, 5.41) is 0.514. The Morgan fingerprint density at radius 2 is 2.18 bits per heavy atom. The van der Waals surface area contributed by atoms with E-state index in [9.17, 15) is 0 Å². The molecule has 0 aliphatic heterocycles. The average Bonchev–Trinajstić information content (AvgIpc) is 3.14. The van der Waals surface area contributed by atoms with Gasteiger partial charge in [-0.1, -0.05) is 6.92 Å². The lowest BCUT2D eigenvalue weighted by Gasteiger charge is -2.32. The van der Waals surface area contributed by atoms with Gasteiger partial charge in [-0.3, -0.25) is 4.98 Å². The maximum Gasteiger partial charge on any atom is 0.166 e. The zero-order chi connectivity index (χ0) is 12.3. The first-order valence-electron chi connectivity index (χ1n) is 6.20.